The molecule has 2 N–H and O–H groups in total. The summed E-state index contributed by atoms with van der Waals surface area (Å²) in [5.41, 5.74) is 1.08. The predicted octanol–water partition coefficient (Wildman–Crippen LogP) is 3.91. The second-order valence-electron chi connectivity index (χ2n) is 8.53. The van der Waals surface area contributed by atoms with Crippen LogP contribution < -0.4 is 5.32 Å². The van der Waals surface area contributed by atoms with Gasteiger partial charge in [0.25, 0.3) is 5.91 Å². The standard InChI is InChI=1S/C24H28N4O4S2/c1-4-16-13-27(20(30)5-2)8-9-28(16)23(32)17-11-19(14(3)10-18(17)29)33-21-12-25-24(34-21)26-22(31)15-6-7-15/h5,10-12,15-16,29H,2,4,6-9,13H2,1,3H3,(H,25,26,31)/t16-/m1/s1. The number of carbonyl (C=O) groups is 3. The Hall–Kier alpha value is -2.85. The monoisotopic (exact) mass is 500 g/mol. The molecule has 8 nitrogen and oxygen atoms in total. The number of hydrogen-bond acceptors (Lipinski definition) is 7. The fraction of sp³-hybridized carbons (Fsp3) is 0.417. The molecule has 0 radical (unpaired) electrons. The van der Waals surface area contributed by atoms with Gasteiger partial charge in [-0.05, 0) is 50.0 Å². The van der Waals surface area contributed by atoms with Crippen molar-refractivity contribution in [2.45, 2.75) is 48.3 Å². The van der Waals surface area contributed by atoms with Crippen LogP contribution in [0.3, 0.4) is 0 Å². The second-order valence-corrected chi connectivity index (χ2v) is 10.9. The molecule has 2 aromatic rings. The number of rotatable bonds is 7. The quantitative estimate of drug-likeness (QED) is 0.559. The Morgan fingerprint density at radius 3 is 2.76 bits per heavy atom. The van der Waals surface area contributed by atoms with Crippen LogP contribution in [0.15, 0.2) is 40.1 Å². The van der Waals surface area contributed by atoms with Gasteiger partial charge in [-0.1, -0.05) is 36.6 Å². The Morgan fingerprint density at radius 2 is 2.09 bits per heavy atom. The van der Waals surface area contributed by atoms with Crippen molar-refractivity contribution in [1.82, 2.24) is 14.8 Å². The van der Waals surface area contributed by atoms with Crippen LogP contribution in [-0.4, -0.2) is 63.3 Å². The van der Waals surface area contributed by atoms with Gasteiger partial charge in [-0.25, -0.2) is 4.98 Å². The van der Waals surface area contributed by atoms with Crippen LogP contribution in [-0.2, 0) is 9.59 Å². The van der Waals surface area contributed by atoms with Gasteiger partial charge in [0.05, 0.1) is 16.0 Å². The highest BCUT2D eigenvalue weighted by molar-refractivity contribution is 8.01. The van der Waals surface area contributed by atoms with Crippen molar-refractivity contribution < 1.29 is 19.5 Å². The van der Waals surface area contributed by atoms with Crippen molar-refractivity contribution in [3.8, 4) is 5.75 Å². The van der Waals surface area contributed by atoms with E-state index in [1.54, 1.807) is 28.1 Å². The van der Waals surface area contributed by atoms with Crippen LogP contribution in [0, 0.1) is 12.8 Å². The number of aromatic nitrogens is 1. The highest BCUT2D eigenvalue weighted by Gasteiger charge is 2.33. The topological polar surface area (TPSA) is 103 Å². The normalized spacial score (nSPS) is 18.0. The van der Waals surface area contributed by atoms with Crippen molar-refractivity contribution in [3.05, 3.63) is 42.1 Å². The fourth-order valence-electron chi connectivity index (χ4n) is 3.94. The minimum Gasteiger partial charge on any atom is -0.507 e. The number of nitrogens with one attached hydrogen (secondary N) is 1. The van der Waals surface area contributed by atoms with Gasteiger partial charge in [-0.15, -0.1) is 0 Å². The number of phenolic OH excluding ortho intramolecular Hbond substituents is 1. The maximum Gasteiger partial charge on any atom is 0.258 e. The maximum atomic E-state index is 13.4. The molecule has 34 heavy (non-hydrogen) atoms. The molecule has 0 bridgehead atoms. The SMILES string of the molecule is C=CC(=O)N1CCN(C(=O)c2cc(Sc3cnc(NC(=O)C4CC4)s3)c(C)cc2O)[C@H](CC)C1. The average molecular weight is 501 g/mol. The number of aromatic hydroxyl groups is 1. The summed E-state index contributed by atoms with van der Waals surface area (Å²) in [7, 11) is 0. The van der Waals surface area contributed by atoms with E-state index < -0.39 is 0 Å². The molecular formula is C24H28N4O4S2. The average Bonchev–Trinajstić information content (AvgIpc) is 3.60. The van der Waals surface area contributed by atoms with Gasteiger partial charge in [0.15, 0.2) is 5.13 Å². The number of nitrogens with zero attached hydrogens (tertiary/aromatic N) is 3. The zero-order valence-corrected chi connectivity index (χ0v) is 20.9. The van der Waals surface area contributed by atoms with Gasteiger partial charge in [0.2, 0.25) is 11.8 Å². The minimum atomic E-state index is -0.251. The molecule has 2 aliphatic rings. The molecule has 180 valence electrons. The van der Waals surface area contributed by atoms with Crippen molar-refractivity contribution in [1.29, 1.82) is 0 Å². The van der Waals surface area contributed by atoms with Gasteiger partial charge in [0.1, 0.15) is 5.75 Å². The van der Waals surface area contributed by atoms with Gasteiger partial charge < -0.3 is 20.2 Å². The van der Waals surface area contributed by atoms with E-state index in [4.69, 9.17) is 0 Å². The molecule has 10 heteroatoms. The lowest BCUT2D eigenvalue weighted by Crippen LogP contribution is -2.56. The molecule has 1 atom stereocenters. The van der Waals surface area contributed by atoms with E-state index in [0.717, 1.165) is 27.5 Å². The van der Waals surface area contributed by atoms with E-state index in [1.807, 2.05) is 13.8 Å². The summed E-state index contributed by atoms with van der Waals surface area (Å²) in [6, 6.07) is 3.18. The Balaban J connectivity index is 1.50. The van der Waals surface area contributed by atoms with Crippen molar-refractivity contribution >= 4 is 46.0 Å². The molecule has 2 fully saturated rings. The Bertz CT molecular complexity index is 1130. The molecule has 3 amide bonds. The van der Waals surface area contributed by atoms with Crippen LogP contribution >= 0.6 is 23.1 Å². The summed E-state index contributed by atoms with van der Waals surface area (Å²) in [6.07, 6.45) is 5.55. The highest BCUT2D eigenvalue weighted by atomic mass is 32.2. The first-order chi connectivity index (χ1) is 16.3. The second kappa shape index (κ2) is 10.2. The van der Waals surface area contributed by atoms with Crippen LogP contribution in [0.2, 0.25) is 0 Å². The summed E-state index contributed by atoms with van der Waals surface area (Å²) >= 11 is 2.83. The van der Waals surface area contributed by atoms with E-state index >= 15 is 0 Å². The Morgan fingerprint density at radius 1 is 1.32 bits per heavy atom. The molecule has 0 unspecified atom stereocenters. The summed E-state index contributed by atoms with van der Waals surface area (Å²) < 4.78 is 0.876. The lowest BCUT2D eigenvalue weighted by molar-refractivity contribution is -0.128. The third-order valence-electron chi connectivity index (χ3n) is 6.10. The first kappa shape index (κ1) is 24.3. The number of benzene rings is 1. The molecule has 1 aromatic heterocycles. The first-order valence-corrected chi connectivity index (χ1v) is 12.9. The summed E-state index contributed by atoms with van der Waals surface area (Å²) in [4.78, 5) is 46.0. The number of piperazine rings is 1. The molecule has 1 aliphatic carbocycles. The van der Waals surface area contributed by atoms with Gasteiger partial charge in [-0.3, -0.25) is 14.4 Å². The third-order valence-corrected chi connectivity index (χ3v) is 8.27. The summed E-state index contributed by atoms with van der Waals surface area (Å²) in [5.74, 6) is -0.331. The molecule has 0 spiro atoms. The lowest BCUT2D eigenvalue weighted by atomic mass is 10.0. The van der Waals surface area contributed by atoms with Crippen molar-refractivity contribution in [3.63, 3.8) is 0 Å². The van der Waals surface area contributed by atoms with Crippen LogP contribution in [0.25, 0.3) is 0 Å². The van der Waals surface area contributed by atoms with E-state index in [-0.39, 0.29) is 41.0 Å². The van der Waals surface area contributed by atoms with Gasteiger partial charge >= 0.3 is 0 Å². The third kappa shape index (κ3) is 5.28. The Labute approximate surface area is 207 Å². The number of anilines is 1. The van der Waals surface area contributed by atoms with E-state index in [1.165, 1.54) is 29.2 Å². The number of amides is 3. The molecular weight excluding hydrogens is 472 g/mol. The zero-order valence-electron chi connectivity index (χ0n) is 19.2. The number of aryl methyl sites for hydroxylation is 1. The van der Waals surface area contributed by atoms with E-state index in [2.05, 4.69) is 16.9 Å². The molecule has 1 saturated heterocycles. The van der Waals surface area contributed by atoms with E-state index in [9.17, 15) is 19.5 Å². The predicted molar refractivity (Wildman–Crippen MR) is 132 cm³/mol. The molecule has 4 rings (SSSR count). The van der Waals surface area contributed by atoms with Crippen molar-refractivity contribution in [2.24, 2.45) is 5.92 Å². The molecule has 1 saturated carbocycles. The van der Waals surface area contributed by atoms with Crippen LogP contribution in [0.5, 0.6) is 5.75 Å². The zero-order chi connectivity index (χ0) is 24.4. The minimum absolute atomic E-state index is 0.0139. The first-order valence-electron chi connectivity index (χ1n) is 11.3. The van der Waals surface area contributed by atoms with Gasteiger partial charge in [0, 0.05) is 36.5 Å². The number of phenols is 1. The van der Waals surface area contributed by atoms with E-state index in [0.29, 0.717) is 31.2 Å². The van der Waals surface area contributed by atoms with Crippen LogP contribution in [0.1, 0.15) is 42.1 Å². The largest absolute Gasteiger partial charge is 0.507 e. The fourth-order valence-corrected chi connectivity index (χ4v) is 5.88. The molecule has 1 aromatic carbocycles. The lowest BCUT2D eigenvalue weighted by Gasteiger charge is -2.41. The van der Waals surface area contributed by atoms with Crippen LogP contribution in [0.4, 0.5) is 5.13 Å². The molecule has 2 heterocycles. The number of hydrogen-bond donors (Lipinski definition) is 2. The molecule has 1 aliphatic heterocycles. The Kier molecular flexibility index (Phi) is 7.27. The smallest absolute Gasteiger partial charge is 0.258 e. The summed E-state index contributed by atoms with van der Waals surface area (Å²) in [6.45, 7) is 8.67. The number of thiazole rings is 1. The highest BCUT2D eigenvalue weighted by Crippen LogP contribution is 2.39. The summed E-state index contributed by atoms with van der Waals surface area (Å²) in [5, 5.41) is 14.0. The maximum absolute atomic E-state index is 13.4. The van der Waals surface area contributed by atoms with Crippen molar-refractivity contribution in [2.75, 3.05) is 25.0 Å². The number of carbonyl (C=O) groups excluding carboxylic acids is 3. The van der Waals surface area contributed by atoms with Gasteiger partial charge in [-0.2, -0.15) is 0 Å².